The number of aromatic nitrogens is 2. The Balaban J connectivity index is 2.10. The van der Waals surface area contributed by atoms with Gasteiger partial charge in [-0.05, 0) is 37.5 Å². The summed E-state index contributed by atoms with van der Waals surface area (Å²) in [6, 6.07) is 8.05. The van der Waals surface area contributed by atoms with E-state index in [9.17, 15) is 0 Å². The molecule has 2 aromatic rings. The molecule has 0 aromatic carbocycles. The number of nitrogens with zero attached hydrogens (tertiary/aromatic N) is 3. The van der Waals surface area contributed by atoms with E-state index < -0.39 is 0 Å². The summed E-state index contributed by atoms with van der Waals surface area (Å²) in [4.78, 5) is 4.39. The molecular weight excluding hydrogens is 232 g/mol. The molecule has 2 heterocycles. The van der Waals surface area contributed by atoms with Gasteiger partial charge < -0.3 is 5.32 Å². The Hall–Kier alpha value is -1.93. The molecule has 86 valence electrons. The molecule has 0 unspecified atom stereocenters. The second kappa shape index (κ2) is 4.93. The molecule has 2 rings (SSSR count). The number of hydrogen-bond acceptors (Lipinski definition) is 5. The maximum atomic E-state index is 8.99. The summed E-state index contributed by atoms with van der Waals surface area (Å²) in [6.07, 6.45) is 0. The first kappa shape index (κ1) is 11.6. The Morgan fingerprint density at radius 3 is 2.94 bits per heavy atom. The van der Waals surface area contributed by atoms with Crippen LogP contribution >= 0.6 is 11.5 Å². The van der Waals surface area contributed by atoms with Crippen molar-refractivity contribution < 1.29 is 0 Å². The fourth-order valence-electron chi connectivity index (χ4n) is 1.49. The van der Waals surface area contributed by atoms with Crippen molar-refractivity contribution in [3.63, 3.8) is 0 Å². The molecule has 0 bridgehead atoms. The molecule has 0 atom stereocenters. The Morgan fingerprint density at radius 2 is 2.24 bits per heavy atom. The zero-order chi connectivity index (χ0) is 12.3. The van der Waals surface area contributed by atoms with E-state index in [0.29, 0.717) is 12.1 Å². The molecule has 0 saturated heterocycles. The highest BCUT2D eigenvalue weighted by atomic mass is 32.1. The van der Waals surface area contributed by atoms with Crippen molar-refractivity contribution in [3.8, 4) is 6.07 Å². The lowest BCUT2D eigenvalue weighted by Crippen LogP contribution is -2.02. The van der Waals surface area contributed by atoms with Crippen molar-refractivity contribution in [2.75, 3.05) is 5.32 Å². The number of nitriles is 1. The molecule has 0 radical (unpaired) electrons. The number of nitrogens with one attached hydrogen (secondary N) is 1. The van der Waals surface area contributed by atoms with Gasteiger partial charge in [-0.25, -0.2) is 0 Å². The minimum absolute atomic E-state index is 0.609. The van der Waals surface area contributed by atoms with Crippen molar-refractivity contribution in [2.24, 2.45) is 0 Å². The maximum Gasteiger partial charge on any atom is 0.128 e. The second-order valence-electron chi connectivity index (χ2n) is 3.71. The van der Waals surface area contributed by atoms with Crippen LogP contribution in [0.15, 0.2) is 18.2 Å². The molecule has 0 fully saturated rings. The molecule has 0 aliphatic heterocycles. The Labute approximate surface area is 104 Å². The van der Waals surface area contributed by atoms with Gasteiger partial charge in [0.25, 0.3) is 0 Å². The maximum absolute atomic E-state index is 8.99. The zero-order valence-corrected chi connectivity index (χ0v) is 10.5. The molecule has 5 heteroatoms. The zero-order valence-electron chi connectivity index (χ0n) is 9.69. The number of rotatable bonds is 3. The molecule has 17 heavy (non-hydrogen) atoms. The van der Waals surface area contributed by atoms with Gasteiger partial charge in [-0.2, -0.15) is 9.64 Å². The highest BCUT2D eigenvalue weighted by Gasteiger charge is 2.09. The Morgan fingerprint density at radius 1 is 1.41 bits per heavy atom. The molecular formula is C12H12N4S. The molecule has 0 aliphatic rings. The largest absolute Gasteiger partial charge is 0.369 e. The fourth-order valence-corrected chi connectivity index (χ4v) is 2.23. The summed E-state index contributed by atoms with van der Waals surface area (Å²) < 4.78 is 4.15. The number of hydrogen-bond donors (Lipinski definition) is 1. The van der Waals surface area contributed by atoms with Crippen LogP contribution in [0.2, 0.25) is 0 Å². The van der Waals surface area contributed by atoms with Gasteiger partial charge >= 0.3 is 0 Å². The summed E-state index contributed by atoms with van der Waals surface area (Å²) in [7, 11) is 0. The van der Waals surface area contributed by atoms with Gasteiger partial charge in [0.2, 0.25) is 0 Å². The summed E-state index contributed by atoms with van der Waals surface area (Å²) in [5.41, 5.74) is 3.35. The van der Waals surface area contributed by atoms with E-state index >= 15 is 0 Å². The van der Waals surface area contributed by atoms with Crippen LogP contribution in [0.3, 0.4) is 0 Å². The monoisotopic (exact) mass is 244 g/mol. The van der Waals surface area contributed by atoms with Crippen molar-refractivity contribution in [1.82, 2.24) is 9.36 Å². The van der Waals surface area contributed by atoms with E-state index in [-0.39, 0.29) is 0 Å². The van der Waals surface area contributed by atoms with Crippen LogP contribution in [-0.4, -0.2) is 9.36 Å². The van der Waals surface area contributed by atoms with Crippen molar-refractivity contribution in [3.05, 3.63) is 40.8 Å². The number of anilines is 1. The topological polar surface area (TPSA) is 61.6 Å². The predicted octanol–water partition coefficient (Wildman–Crippen LogP) is 2.64. The Kier molecular flexibility index (Phi) is 3.35. The first-order valence-corrected chi connectivity index (χ1v) is 6.01. The average molecular weight is 244 g/mol. The highest BCUT2D eigenvalue weighted by molar-refractivity contribution is 7.10. The third-order valence-electron chi connectivity index (χ3n) is 2.35. The van der Waals surface area contributed by atoms with E-state index in [1.807, 2.05) is 32.0 Å². The molecule has 4 nitrogen and oxygen atoms in total. The minimum atomic E-state index is 0.609. The van der Waals surface area contributed by atoms with Gasteiger partial charge in [-0.15, -0.1) is 0 Å². The molecule has 0 aliphatic carbocycles. The van der Waals surface area contributed by atoms with Gasteiger partial charge in [0.1, 0.15) is 16.6 Å². The van der Waals surface area contributed by atoms with Crippen molar-refractivity contribution in [2.45, 2.75) is 20.4 Å². The summed E-state index contributed by atoms with van der Waals surface area (Å²) >= 11 is 1.31. The third kappa shape index (κ3) is 2.60. The summed E-state index contributed by atoms with van der Waals surface area (Å²) in [6.45, 7) is 4.41. The van der Waals surface area contributed by atoms with Gasteiger partial charge in [-0.1, -0.05) is 6.07 Å². The number of pyridine rings is 1. The lowest BCUT2D eigenvalue weighted by molar-refractivity contribution is 1.02. The van der Waals surface area contributed by atoms with Crippen molar-refractivity contribution in [1.29, 1.82) is 5.26 Å². The van der Waals surface area contributed by atoms with E-state index in [1.54, 1.807) is 0 Å². The van der Waals surface area contributed by atoms with Crippen LogP contribution in [0.4, 0.5) is 5.00 Å². The van der Waals surface area contributed by atoms with Crippen LogP contribution in [-0.2, 0) is 6.54 Å². The standard InChI is InChI=1S/C12H12N4S/c1-8-4-3-5-10(15-8)7-14-12-11(6-13)9(2)16-17-12/h3-5,14H,7H2,1-2H3. The average Bonchev–Trinajstić information content (AvgIpc) is 2.67. The first-order chi connectivity index (χ1) is 8.20. The van der Waals surface area contributed by atoms with E-state index in [2.05, 4.69) is 20.7 Å². The molecule has 0 saturated carbocycles. The van der Waals surface area contributed by atoms with Crippen LogP contribution < -0.4 is 5.32 Å². The molecule has 1 N–H and O–H groups in total. The Bertz CT molecular complexity index is 568. The molecule has 0 amide bonds. The van der Waals surface area contributed by atoms with Gasteiger partial charge in [0.05, 0.1) is 17.9 Å². The third-order valence-corrected chi connectivity index (χ3v) is 3.25. The van der Waals surface area contributed by atoms with Gasteiger partial charge in [-0.3, -0.25) is 4.98 Å². The van der Waals surface area contributed by atoms with Crippen molar-refractivity contribution >= 4 is 16.5 Å². The van der Waals surface area contributed by atoms with Crippen LogP contribution in [0.5, 0.6) is 0 Å². The smallest absolute Gasteiger partial charge is 0.128 e. The first-order valence-electron chi connectivity index (χ1n) is 5.23. The second-order valence-corrected chi connectivity index (χ2v) is 4.48. The van der Waals surface area contributed by atoms with E-state index in [1.165, 1.54) is 11.5 Å². The normalized spacial score (nSPS) is 9.94. The number of aryl methyl sites for hydroxylation is 2. The van der Waals surface area contributed by atoms with E-state index in [0.717, 1.165) is 22.1 Å². The highest BCUT2D eigenvalue weighted by Crippen LogP contribution is 2.23. The predicted molar refractivity (Wildman–Crippen MR) is 67.9 cm³/mol. The van der Waals surface area contributed by atoms with Crippen LogP contribution in [0.25, 0.3) is 0 Å². The van der Waals surface area contributed by atoms with E-state index in [4.69, 9.17) is 5.26 Å². The summed E-state index contributed by atoms with van der Waals surface area (Å²) in [5.74, 6) is 0. The quantitative estimate of drug-likeness (QED) is 0.901. The lowest BCUT2D eigenvalue weighted by Gasteiger charge is -2.03. The van der Waals surface area contributed by atoms with Gasteiger partial charge in [0.15, 0.2) is 0 Å². The van der Waals surface area contributed by atoms with Gasteiger partial charge in [0, 0.05) is 5.69 Å². The SMILES string of the molecule is Cc1cccc(CNc2snc(C)c2C#N)n1. The molecule has 2 aromatic heterocycles. The van der Waals surface area contributed by atoms with Crippen LogP contribution in [0.1, 0.15) is 22.6 Å². The molecule has 0 spiro atoms. The summed E-state index contributed by atoms with van der Waals surface area (Å²) in [5, 5.41) is 13.0. The van der Waals surface area contributed by atoms with Crippen LogP contribution in [0, 0.1) is 25.2 Å². The lowest BCUT2D eigenvalue weighted by atomic mass is 10.2. The minimum Gasteiger partial charge on any atom is -0.369 e. The fraction of sp³-hybridized carbons (Fsp3) is 0.250.